The second-order valence-electron chi connectivity index (χ2n) is 3.92. The van der Waals surface area contributed by atoms with Crippen molar-refractivity contribution in [1.82, 2.24) is 0 Å². The molecule has 1 heterocycles. The predicted octanol–water partition coefficient (Wildman–Crippen LogP) is 3.35. The first-order chi connectivity index (χ1) is 8.13. The third kappa shape index (κ3) is 2.65. The second kappa shape index (κ2) is 5.40. The highest BCUT2D eigenvalue weighted by molar-refractivity contribution is 9.10. The first kappa shape index (κ1) is 12.9. The molecule has 2 rings (SSSR count). The third-order valence-electron chi connectivity index (χ3n) is 2.82. The summed E-state index contributed by atoms with van der Waals surface area (Å²) in [4.78, 5) is 13.8. The summed E-state index contributed by atoms with van der Waals surface area (Å²) in [5.74, 6) is 0.905. The first-order valence-corrected chi connectivity index (χ1v) is 7.13. The van der Waals surface area contributed by atoms with E-state index in [2.05, 4.69) is 31.9 Å². The molecule has 0 N–H and O–H groups in total. The molecule has 17 heavy (non-hydrogen) atoms. The fourth-order valence-electron chi connectivity index (χ4n) is 1.91. The summed E-state index contributed by atoms with van der Waals surface area (Å²) in [5.41, 5.74) is 0.909. The van der Waals surface area contributed by atoms with Gasteiger partial charge in [-0.3, -0.25) is 4.79 Å². The van der Waals surface area contributed by atoms with Gasteiger partial charge in [0.1, 0.15) is 5.75 Å². The van der Waals surface area contributed by atoms with Crippen LogP contribution in [0.4, 0.5) is 5.69 Å². The molecule has 0 saturated carbocycles. The highest BCUT2D eigenvalue weighted by Crippen LogP contribution is 2.32. The predicted molar refractivity (Wildman–Crippen MR) is 75.0 cm³/mol. The van der Waals surface area contributed by atoms with Crippen molar-refractivity contribution in [1.29, 1.82) is 0 Å². The topological polar surface area (TPSA) is 29.5 Å². The number of anilines is 1. The Morgan fingerprint density at radius 1 is 1.47 bits per heavy atom. The van der Waals surface area contributed by atoms with Crippen LogP contribution in [0.2, 0.25) is 0 Å². The molecule has 1 aromatic rings. The van der Waals surface area contributed by atoms with Crippen molar-refractivity contribution in [3.63, 3.8) is 0 Å². The van der Waals surface area contributed by atoms with Crippen LogP contribution in [0.1, 0.15) is 12.8 Å². The van der Waals surface area contributed by atoms with E-state index in [1.165, 1.54) is 0 Å². The number of nitrogens with zero attached hydrogens (tertiary/aromatic N) is 1. The molecule has 0 bridgehead atoms. The van der Waals surface area contributed by atoms with Crippen LogP contribution in [-0.2, 0) is 4.79 Å². The lowest BCUT2D eigenvalue weighted by Crippen LogP contribution is -2.41. The lowest BCUT2D eigenvalue weighted by molar-refractivity contribution is -0.118. The summed E-state index contributed by atoms with van der Waals surface area (Å²) in [6.07, 6.45) is 1.93. The zero-order valence-corrected chi connectivity index (χ0v) is 12.6. The molecule has 92 valence electrons. The quantitative estimate of drug-likeness (QED) is 0.755. The van der Waals surface area contributed by atoms with E-state index in [0.717, 1.165) is 35.3 Å². The fraction of sp³-hybridized carbons (Fsp3) is 0.417. The van der Waals surface area contributed by atoms with Gasteiger partial charge in [0.25, 0.3) is 0 Å². The number of rotatable bonds is 2. The number of alkyl halides is 1. The molecule has 1 aliphatic rings. The average Bonchev–Trinajstić information content (AvgIpc) is 2.32. The van der Waals surface area contributed by atoms with Crippen LogP contribution in [0.15, 0.2) is 22.7 Å². The average molecular weight is 363 g/mol. The Morgan fingerprint density at radius 2 is 2.24 bits per heavy atom. The monoisotopic (exact) mass is 361 g/mol. The van der Waals surface area contributed by atoms with Crippen molar-refractivity contribution >= 4 is 43.5 Å². The number of methoxy groups -OCH3 is 1. The minimum absolute atomic E-state index is 0.0582. The number of piperidine rings is 1. The Morgan fingerprint density at radius 3 is 2.88 bits per heavy atom. The Kier molecular flexibility index (Phi) is 4.09. The Hall–Kier alpha value is -0.550. The number of hydrogen-bond donors (Lipinski definition) is 0. The molecule has 5 heteroatoms. The van der Waals surface area contributed by atoms with Gasteiger partial charge in [-0.25, -0.2) is 0 Å². The van der Waals surface area contributed by atoms with Crippen molar-refractivity contribution in [3.8, 4) is 5.75 Å². The van der Waals surface area contributed by atoms with Crippen molar-refractivity contribution < 1.29 is 9.53 Å². The number of carbonyl (C=O) groups is 1. The first-order valence-electron chi connectivity index (χ1n) is 5.42. The van der Waals surface area contributed by atoms with E-state index in [1.807, 2.05) is 23.1 Å². The molecule has 0 radical (unpaired) electrons. The molecular formula is C12H13Br2NO2. The van der Waals surface area contributed by atoms with Gasteiger partial charge in [0, 0.05) is 12.2 Å². The number of benzene rings is 1. The van der Waals surface area contributed by atoms with E-state index in [-0.39, 0.29) is 10.7 Å². The number of halogens is 2. The van der Waals surface area contributed by atoms with Gasteiger partial charge in [-0.05, 0) is 47.0 Å². The summed E-state index contributed by atoms with van der Waals surface area (Å²) in [6.45, 7) is 0.777. The molecule has 1 fully saturated rings. The molecule has 1 atom stereocenters. The largest absolute Gasteiger partial charge is 0.496 e. The van der Waals surface area contributed by atoms with Gasteiger partial charge >= 0.3 is 0 Å². The molecule has 0 aromatic heterocycles. The zero-order valence-electron chi connectivity index (χ0n) is 9.45. The summed E-state index contributed by atoms with van der Waals surface area (Å²) in [5, 5.41) is 0. The van der Waals surface area contributed by atoms with Gasteiger partial charge < -0.3 is 9.64 Å². The maximum absolute atomic E-state index is 12.0. The molecule has 1 saturated heterocycles. The Bertz CT molecular complexity index is 437. The third-order valence-corrected chi connectivity index (χ3v) is 4.29. The SMILES string of the molecule is COc1ccc(N2CCCC(Br)C2=O)cc1Br. The maximum Gasteiger partial charge on any atom is 0.240 e. The Labute approximate surface area is 117 Å². The van der Waals surface area contributed by atoms with E-state index in [0.29, 0.717) is 0 Å². The molecule has 1 aliphatic heterocycles. The van der Waals surface area contributed by atoms with E-state index in [4.69, 9.17) is 4.74 Å². The Balaban J connectivity index is 2.27. The van der Waals surface area contributed by atoms with Gasteiger partial charge in [-0.1, -0.05) is 15.9 Å². The number of ether oxygens (including phenoxy) is 1. The highest BCUT2D eigenvalue weighted by atomic mass is 79.9. The van der Waals surface area contributed by atoms with Crippen molar-refractivity contribution in [2.75, 3.05) is 18.6 Å². The number of carbonyl (C=O) groups excluding carboxylic acids is 1. The highest BCUT2D eigenvalue weighted by Gasteiger charge is 2.27. The van der Waals surface area contributed by atoms with Gasteiger partial charge in [-0.2, -0.15) is 0 Å². The standard InChI is InChI=1S/C12H13Br2NO2/c1-17-11-5-4-8(7-10(11)14)15-6-2-3-9(13)12(15)16/h4-5,7,9H,2-3,6H2,1H3. The van der Waals surface area contributed by atoms with Gasteiger partial charge in [0.05, 0.1) is 16.4 Å². The minimum Gasteiger partial charge on any atom is -0.496 e. The van der Waals surface area contributed by atoms with Gasteiger partial charge in [0.2, 0.25) is 5.91 Å². The lowest BCUT2D eigenvalue weighted by Gasteiger charge is -2.30. The van der Waals surface area contributed by atoms with E-state index < -0.39 is 0 Å². The van der Waals surface area contributed by atoms with Crippen LogP contribution in [0.25, 0.3) is 0 Å². The summed E-state index contributed by atoms with van der Waals surface area (Å²) < 4.78 is 6.04. The summed E-state index contributed by atoms with van der Waals surface area (Å²) >= 11 is 6.84. The van der Waals surface area contributed by atoms with Crippen LogP contribution in [0.3, 0.4) is 0 Å². The fourth-order valence-corrected chi connectivity index (χ4v) is 3.01. The van der Waals surface area contributed by atoms with Crippen LogP contribution in [0, 0.1) is 0 Å². The molecule has 0 spiro atoms. The van der Waals surface area contributed by atoms with Crippen molar-refractivity contribution in [2.24, 2.45) is 0 Å². The van der Waals surface area contributed by atoms with Crippen molar-refractivity contribution in [2.45, 2.75) is 17.7 Å². The van der Waals surface area contributed by atoms with Crippen LogP contribution >= 0.6 is 31.9 Å². The van der Waals surface area contributed by atoms with E-state index in [1.54, 1.807) is 7.11 Å². The molecule has 3 nitrogen and oxygen atoms in total. The minimum atomic E-state index is -0.0582. The van der Waals surface area contributed by atoms with Crippen LogP contribution < -0.4 is 9.64 Å². The number of hydrogen-bond acceptors (Lipinski definition) is 2. The molecule has 0 aliphatic carbocycles. The van der Waals surface area contributed by atoms with Crippen molar-refractivity contribution in [3.05, 3.63) is 22.7 Å². The second-order valence-corrected chi connectivity index (χ2v) is 5.88. The van der Waals surface area contributed by atoms with E-state index in [9.17, 15) is 4.79 Å². The van der Waals surface area contributed by atoms with Gasteiger partial charge in [-0.15, -0.1) is 0 Å². The van der Waals surface area contributed by atoms with Gasteiger partial charge in [0.15, 0.2) is 0 Å². The normalized spacial score (nSPS) is 20.5. The summed E-state index contributed by atoms with van der Waals surface area (Å²) in [6, 6.07) is 5.69. The molecular weight excluding hydrogens is 350 g/mol. The number of amides is 1. The zero-order chi connectivity index (χ0) is 12.4. The molecule has 1 aromatic carbocycles. The van der Waals surface area contributed by atoms with Crippen LogP contribution in [0.5, 0.6) is 5.75 Å². The maximum atomic E-state index is 12.0. The summed E-state index contributed by atoms with van der Waals surface area (Å²) in [7, 11) is 1.63. The van der Waals surface area contributed by atoms with Crippen LogP contribution in [-0.4, -0.2) is 24.4 Å². The van der Waals surface area contributed by atoms with E-state index >= 15 is 0 Å². The lowest BCUT2D eigenvalue weighted by atomic mass is 10.1. The smallest absolute Gasteiger partial charge is 0.240 e. The molecule has 1 amide bonds. The molecule has 1 unspecified atom stereocenters.